The summed E-state index contributed by atoms with van der Waals surface area (Å²) in [6, 6.07) is 9.59. The molecule has 3 rings (SSSR count). The van der Waals surface area contributed by atoms with Gasteiger partial charge >= 0.3 is 5.97 Å². The Hall–Kier alpha value is -3.69. The van der Waals surface area contributed by atoms with Crippen molar-refractivity contribution in [2.24, 2.45) is 0 Å². The van der Waals surface area contributed by atoms with Crippen LogP contribution in [0.3, 0.4) is 0 Å². The minimum atomic E-state index is -1.35. The van der Waals surface area contributed by atoms with Crippen molar-refractivity contribution in [1.29, 1.82) is 0 Å². The van der Waals surface area contributed by atoms with Gasteiger partial charge in [0, 0.05) is 0 Å². The van der Waals surface area contributed by atoms with Crippen LogP contribution in [0.1, 0.15) is 10.4 Å². The van der Waals surface area contributed by atoms with Crippen molar-refractivity contribution in [3.63, 3.8) is 0 Å². The van der Waals surface area contributed by atoms with E-state index in [1.54, 1.807) is 24.3 Å². The van der Waals surface area contributed by atoms with Crippen LogP contribution in [0.2, 0.25) is 0 Å². The summed E-state index contributed by atoms with van der Waals surface area (Å²) >= 11 is 0. The van der Waals surface area contributed by atoms with Gasteiger partial charge in [-0.3, -0.25) is 20.4 Å². The molecule has 146 valence electrons. The molecule has 10 heteroatoms. The number of carbonyl (C=O) groups is 3. The predicted octanol–water partition coefficient (Wildman–Crippen LogP) is 1.11. The van der Waals surface area contributed by atoms with E-state index >= 15 is 0 Å². The van der Waals surface area contributed by atoms with Gasteiger partial charge in [0.25, 0.3) is 11.8 Å². The summed E-state index contributed by atoms with van der Waals surface area (Å²) in [4.78, 5) is 35.4. The van der Waals surface area contributed by atoms with Gasteiger partial charge in [0.2, 0.25) is 6.10 Å². The largest absolute Gasteiger partial charge is 0.485 e. The monoisotopic (exact) mass is 392 g/mol. The van der Waals surface area contributed by atoms with E-state index in [4.69, 9.17) is 9.47 Å². The molecule has 0 fully saturated rings. The van der Waals surface area contributed by atoms with Crippen molar-refractivity contribution in [3.05, 3.63) is 59.7 Å². The molecule has 0 aliphatic carbocycles. The van der Waals surface area contributed by atoms with Crippen molar-refractivity contribution < 1.29 is 37.4 Å². The number of rotatable bonds is 4. The van der Waals surface area contributed by atoms with Crippen molar-refractivity contribution in [1.82, 2.24) is 10.9 Å². The zero-order chi connectivity index (χ0) is 20.1. The smallest absolute Gasteiger partial charge is 0.344 e. The van der Waals surface area contributed by atoms with Crippen LogP contribution >= 0.6 is 0 Å². The average Bonchev–Trinajstić information content (AvgIpc) is 2.70. The topological polar surface area (TPSA) is 103 Å². The second-order valence-electron chi connectivity index (χ2n) is 5.57. The van der Waals surface area contributed by atoms with Crippen molar-refractivity contribution in [2.75, 3.05) is 13.2 Å². The molecule has 0 aromatic heterocycles. The van der Waals surface area contributed by atoms with E-state index in [0.717, 1.165) is 18.2 Å². The molecule has 28 heavy (non-hydrogen) atoms. The number of nitrogens with one attached hydrogen (secondary N) is 2. The maximum absolute atomic E-state index is 13.5. The van der Waals surface area contributed by atoms with Gasteiger partial charge in [0.05, 0.1) is 0 Å². The lowest BCUT2D eigenvalue weighted by Gasteiger charge is -2.25. The first-order valence-corrected chi connectivity index (χ1v) is 8.04. The minimum Gasteiger partial charge on any atom is -0.485 e. The average molecular weight is 392 g/mol. The highest BCUT2D eigenvalue weighted by Crippen LogP contribution is 2.30. The Bertz CT molecular complexity index is 900. The van der Waals surface area contributed by atoms with Crippen LogP contribution in [0.15, 0.2) is 42.5 Å². The van der Waals surface area contributed by atoms with Gasteiger partial charge in [-0.15, -0.1) is 0 Å². The van der Waals surface area contributed by atoms with Crippen LogP contribution in [-0.4, -0.2) is 37.1 Å². The summed E-state index contributed by atoms with van der Waals surface area (Å²) < 4.78 is 42.3. The third kappa shape index (κ3) is 4.34. The Morgan fingerprint density at radius 1 is 1.00 bits per heavy atom. The minimum absolute atomic E-state index is 0.0692. The molecule has 2 aromatic rings. The standard InChI is InChI=1S/C18H14F2N2O6/c19-10-4-3-5-11(20)16(10)18(25)27-9-15(23)21-22-17(24)14-8-26-12-6-1-2-7-13(12)28-14/h1-7,14H,8-9H2,(H,21,23)(H,22,24)/t14-/m0/s1. The van der Waals surface area contributed by atoms with Gasteiger partial charge in [0.1, 0.15) is 23.8 Å². The molecule has 1 aliphatic heterocycles. The van der Waals surface area contributed by atoms with Gasteiger partial charge in [-0.2, -0.15) is 0 Å². The molecular weight excluding hydrogens is 378 g/mol. The molecule has 0 unspecified atom stereocenters. The first-order valence-electron chi connectivity index (χ1n) is 8.04. The Balaban J connectivity index is 1.46. The Morgan fingerprint density at radius 3 is 2.39 bits per heavy atom. The SMILES string of the molecule is O=C(COC(=O)c1c(F)cccc1F)NNC(=O)[C@@H]1COc2ccccc2O1. The molecule has 2 N–H and O–H groups in total. The first-order chi connectivity index (χ1) is 13.5. The van der Waals surface area contributed by atoms with Gasteiger partial charge < -0.3 is 14.2 Å². The number of carbonyl (C=O) groups excluding carboxylic acids is 3. The lowest BCUT2D eigenvalue weighted by Crippen LogP contribution is -2.51. The summed E-state index contributed by atoms with van der Waals surface area (Å²) in [5.41, 5.74) is 3.18. The number of halogens is 2. The molecule has 2 aromatic carbocycles. The molecule has 0 saturated carbocycles. The predicted molar refractivity (Wildman–Crippen MR) is 89.3 cm³/mol. The fourth-order valence-corrected chi connectivity index (χ4v) is 2.29. The van der Waals surface area contributed by atoms with Gasteiger partial charge in [0.15, 0.2) is 18.1 Å². The highest BCUT2D eigenvalue weighted by molar-refractivity contribution is 5.92. The van der Waals surface area contributed by atoms with Gasteiger partial charge in [-0.1, -0.05) is 18.2 Å². The first kappa shape index (κ1) is 19.1. The quantitative estimate of drug-likeness (QED) is 0.597. The van der Waals surface area contributed by atoms with Gasteiger partial charge in [-0.05, 0) is 24.3 Å². The molecule has 0 saturated heterocycles. The molecular formula is C18H14F2N2O6. The van der Waals surface area contributed by atoms with E-state index in [-0.39, 0.29) is 6.61 Å². The van der Waals surface area contributed by atoms with Crippen molar-refractivity contribution in [2.45, 2.75) is 6.10 Å². The van der Waals surface area contributed by atoms with Crippen LogP contribution < -0.4 is 20.3 Å². The Morgan fingerprint density at radius 2 is 1.68 bits per heavy atom. The van der Waals surface area contributed by atoms with Crippen LogP contribution in [0.25, 0.3) is 0 Å². The molecule has 2 amide bonds. The fourth-order valence-electron chi connectivity index (χ4n) is 2.29. The zero-order valence-electron chi connectivity index (χ0n) is 14.2. The van der Waals surface area contributed by atoms with Crippen molar-refractivity contribution >= 4 is 17.8 Å². The zero-order valence-corrected chi connectivity index (χ0v) is 14.2. The summed E-state index contributed by atoms with van der Waals surface area (Å²) in [5, 5.41) is 0. The number of ether oxygens (including phenoxy) is 3. The lowest BCUT2D eigenvalue weighted by atomic mass is 10.2. The second-order valence-corrected chi connectivity index (χ2v) is 5.57. The van der Waals surface area contributed by atoms with E-state index in [2.05, 4.69) is 10.2 Å². The highest BCUT2D eigenvalue weighted by atomic mass is 19.1. The summed E-state index contributed by atoms with van der Waals surface area (Å²) in [6.07, 6.45) is -1.01. The number of benzene rings is 2. The molecule has 8 nitrogen and oxygen atoms in total. The lowest BCUT2D eigenvalue weighted by molar-refractivity contribution is -0.135. The molecule has 1 aliphatic rings. The molecule has 0 bridgehead atoms. The fraction of sp³-hybridized carbons (Fsp3) is 0.167. The van der Waals surface area contributed by atoms with E-state index in [9.17, 15) is 23.2 Å². The molecule has 1 heterocycles. The van der Waals surface area contributed by atoms with E-state index < -0.39 is 47.7 Å². The van der Waals surface area contributed by atoms with Crippen LogP contribution in [-0.2, 0) is 14.3 Å². The highest BCUT2D eigenvalue weighted by Gasteiger charge is 2.27. The van der Waals surface area contributed by atoms with E-state index in [0.29, 0.717) is 11.5 Å². The second kappa shape index (κ2) is 8.33. The maximum atomic E-state index is 13.5. The number of para-hydroxylation sites is 2. The van der Waals surface area contributed by atoms with Gasteiger partial charge in [-0.25, -0.2) is 13.6 Å². The number of hydrogen-bond acceptors (Lipinski definition) is 6. The summed E-state index contributed by atoms with van der Waals surface area (Å²) in [7, 11) is 0. The number of fused-ring (bicyclic) bond motifs is 1. The maximum Gasteiger partial charge on any atom is 0.344 e. The van der Waals surface area contributed by atoms with Crippen LogP contribution in [0.5, 0.6) is 11.5 Å². The van der Waals surface area contributed by atoms with E-state index in [1.807, 2.05) is 5.43 Å². The third-order valence-electron chi connectivity index (χ3n) is 3.63. The number of hydrazine groups is 1. The number of hydrogen-bond donors (Lipinski definition) is 2. The summed E-state index contributed by atoms with van der Waals surface area (Å²) in [6.45, 7) is -0.933. The molecule has 0 radical (unpaired) electrons. The third-order valence-corrected chi connectivity index (χ3v) is 3.63. The van der Waals surface area contributed by atoms with E-state index in [1.165, 1.54) is 0 Å². The Labute approximate surface area is 157 Å². The number of amides is 2. The Kier molecular flexibility index (Phi) is 5.68. The summed E-state index contributed by atoms with van der Waals surface area (Å²) in [5.74, 6) is -4.34. The van der Waals surface area contributed by atoms with Crippen molar-refractivity contribution in [3.8, 4) is 11.5 Å². The molecule has 1 atom stereocenters. The number of esters is 1. The molecule has 0 spiro atoms. The van der Waals surface area contributed by atoms with Crippen LogP contribution in [0, 0.1) is 11.6 Å². The van der Waals surface area contributed by atoms with Crippen LogP contribution in [0.4, 0.5) is 8.78 Å². The normalized spacial score (nSPS) is 14.7.